The summed E-state index contributed by atoms with van der Waals surface area (Å²) in [7, 11) is 0. The monoisotopic (exact) mass is 566 g/mol. The molecular formula is C32H36ClFN2O2S. The van der Waals surface area contributed by atoms with Crippen LogP contribution in [-0.4, -0.2) is 34.6 Å². The van der Waals surface area contributed by atoms with Crippen molar-refractivity contribution >= 4 is 35.2 Å². The molecule has 0 radical (unpaired) electrons. The molecule has 1 saturated carbocycles. The summed E-state index contributed by atoms with van der Waals surface area (Å²) in [5, 5.41) is 3.61. The number of benzene rings is 3. The van der Waals surface area contributed by atoms with Crippen molar-refractivity contribution in [3.05, 3.63) is 106 Å². The van der Waals surface area contributed by atoms with Crippen LogP contribution in [0.1, 0.15) is 54.4 Å². The van der Waals surface area contributed by atoms with E-state index in [1.807, 2.05) is 61.5 Å². The quantitative estimate of drug-likeness (QED) is 0.269. The van der Waals surface area contributed by atoms with Gasteiger partial charge in [0.15, 0.2) is 0 Å². The predicted octanol–water partition coefficient (Wildman–Crippen LogP) is 7.11. The van der Waals surface area contributed by atoms with Gasteiger partial charge in [0.05, 0.1) is 5.75 Å². The maximum Gasteiger partial charge on any atom is 0.243 e. The van der Waals surface area contributed by atoms with Gasteiger partial charge in [-0.2, -0.15) is 0 Å². The second-order valence-corrected chi connectivity index (χ2v) is 11.6. The van der Waals surface area contributed by atoms with Crippen molar-refractivity contribution in [2.24, 2.45) is 0 Å². The van der Waals surface area contributed by atoms with Crippen LogP contribution in [0.25, 0.3) is 0 Å². The number of amides is 2. The molecule has 39 heavy (non-hydrogen) atoms. The summed E-state index contributed by atoms with van der Waals surface area (Å²) in [6, 6.07) is 21.8. The minimum absolute atomic E-state index is 0.110. The lowest BCUT2D eigenvalue weighted by Gasteiger charge is -2.34. The fourth-order valence-electron chi connectivity index (χ4n) is 5.06. The van der Waals surface area contributed by atoms with Gasteiger partial charge in [0.2, 0.25) is 11.8 Å². The van der Waals surface area contributed by atoms with E-state index >= 15 is 0 Å². The Morgan fingerprint density at radius 1 is 1.00 bits per heavy atom. The third kappa shape index (κ3) is 8.33. The van der Waals surface area contributed by atoms with Gasteiger partial charge in [0.25, 0.3) is 0 Å². The molecule has 1 N–H and O–H groups in total. The standard InChI is InChI=1S/C32H36ClFN2O2S/c1-23-11-8-9-14-25(23)20-36(31(37)22-39-21-27-28(33)17-10-18-29(27)34)30(19-24-12-4-2-5-13-24)32(38)35-26-15-6-3-7-16-26/h2,4-5,8-14,17-18,26,30H,3,6-7,15-16,19-22H2,1H3,(H,35,38). The van der Waals surface area contributed by atoms with Gasteiger partial charge in [-0.15, -0.1) is 11.8 Å². The Labute approximate surface area is 240 Å². The van der Waals surface area contributed by atoms with E-state index in [2.05, 4.69) is 5.32 Å². The minimum atomic E-state index is -0.668. The fourth-order valence-corrected chi connectivity index (χ4v) is 6.31. The highest BCUT2D eigenvalue weighted by Crippen LogP contribution is 2.25. The molecule has 1 aliphatic carbocycles. The summed E-state index contributed by atoms with van der Waals surface area (Å²) in [6.45, 7) is 2.34. The highest BCUT2D eigenvalue weighted by atomic mass is 35.5. The van der Waals surface area contributed by atoms with Crippen molar-refractivity contribution in [3.8, 4) is 0 Å². The minimum Gasteiger partial charge on any atom is -0.352 e. The number of carbonyl (C=O) groups excluding carboxylic acids is 2. The van der Waals surface area contributed by atoms with Crippen LogP contribution in [0.2, 0.25) is 5.02 Å². The van der Waals surface area contributed by atoms with E-state index in [0.29, 0.717) is 23.6 Å². The lowest BCUT2D eigenvalue weighted by atomic mass is 9.94. The van der Waals surface area contributed by atoms with Gasteiger partial charge in [0, 0.05) is 35.3 Å². The molecule has 0 spiro atoms. The Balaban J connectivity index is 1.59. The Hall–Kier alpha value is -2.83. The van der Waals surface area contributed by atoms with E-state index < -0.39 is 6.04 Å². The highest BCUT2D eigenvalue weighted by Gasteiger charge is 2.32. The van der Waals surface area contributed by atoms with E-state index in [9.17, 15) is 14.0 Å². The van der Waals surface area contributed by atoms with Crippen molar-refractivity contribution in [2.45, 2.75) is 69.8 Å². The molecule has 4 nitrogen and oxygen atoms in total. The van der Waals surface area contributed by atoms with Crippen molar-refractivity contribution < 1.29 is 14.0 Å². The summed E-state index contributed by atoms with van der Waals surface area (Å²) in [5.74, 6) is -0.274. The molecule has 206 valence electrons. The smallest absolute Gasteiger partial charge is 0.243 e. The molecule has 3 aromatic carbocycles. The Bertz CT molecular complexity index is 1230. The number of thioether (sulfide) groups is 1. The lowest BCUT2D eigenvalue weighted by molar-refractivity contribution is -0.139. The topological polar surface area (TPSA) is 49.4 Å². The van der Waals surface area contributed by atoms with Crippen LogP contribution < -0.4 is 5.32 Å². The molecule has 1 aliphatic rings. The second kappa shape index (κ2) is 14.5. The van der Waals surface area contributed by atoms with Crippen LogP contribution >= 0.6 is 23.4 Å². The number of hydrogen-bond acceptors (Lipinski definition) is 3. The summed E-state index contributed by atoms with van der Waals surface area (Å²) >= 11 is 7.51. The zero-order chi connectivity index (χ0) is 27.6. The average Bonchev–Trinajstić information content (AvgIpc) is 2.94. The van der Waals surface area contributed by atoms with Crippen molar-refractivity contribution in [1.82, 2.24) is 10.2 Å². The molecule has 4 rings (SSSR count). The summed E-state index contributed by atoms with van der Waals surface area (Å²) in [4.78, 5) is 29.4. The Kier molecular flexibility index (Phi) is 10.9. The van der Waals surface area contributed by atoms with Gasteiger partial charge in [-0.25, -0.2) is 4.39 Å². The third-order valence-electron chi connectivity index (χ3n) is 7.36. The van der Waals surface area contributed by atoms with E-state index in [1.54, 1.807) is 17.0 Å². The first kappa shape index (κ1) is 29.2. The van der Waals surface area contributed by atoms with E-state index in [1.165, 1.54) is 24.2 Å². The first-order valence-electron chi connectivity index (χ1n) is 13.6. The number of nitrogens with zero attached hydrogens (tertiary/aromatic N) is 1. The number of hydrogen-bond donors (Lipinski definition) is 1. The first-order chi connectivity index (χ1) is 18.9. The van der Waals surface area contributed by atoms with Crippen LogP contribution in [0.5, 0.6) is 0 Å². The van der Waals surface area contributed by atoms with E-state index in [4.69, 9.17) is 11.6 Å². The fraction of sp³-hybridized carbons (Fsp3) is 0.375. The SMILES string of the molecule is Cc1ccccc1CN(C(=O)CSCc1c(F)cccc1Cl)C(Cc1ccccc1)C(=O)NC1CCCCC1. The molecule has 0 bridgehead atoms. The Morgan fingerprint density at radius 2 is 1.72 bits per heavy atom. The highest BCUT2D eigenvalue weighted by molar-refractivity contribution is 7.99. The van der Waals surface area contributed by atoms with E-state index in [0.717, 1.165) is 42.4 Å². The first-order valence-corrected chi connectivity index (χ1v) is 15.1. The number of rotatable bonds is 11. The molecule has 1 fully saturated rings. The number of halogens is 2. The van der Waals surface area contributed by atoms with Crippen LogP contribution in [0.3, 0.4) is 0 Å². The van der Waals surface area contributed by atoms with Crippen molar-refractivity contribution in [3.63, 3.8) is 0 Å². The summed E-state index contributed by atoms with van der Waals surface area (Å²) in [5.41, 5.74) is 3.44. The molecule has 0 heterocycles. The number of carbonyl (C=O) groups is 2. The summed E-state index contributed by atoms with van der Waals surface area (Å²) in [6.07, 6.45) is 5.76. The molecule has 0 aliphatic heterocycles. The van der Waals surface area contributed by atoms with Crippen LogP contribution in [0, 0.1) is 12.7 Å². The van der Waals surface area contributed by atoms with Crippen LogP contribution in [-0.2, 0) is 28.3 Å². The maximum atomic E-state index is 14.3. The van der Waals surface area contributed by atoms with E-state index in [-0.39, 0.29) is 35.2 Å². The molecule has 1 unspecified atom stereocenters. The zero-order valence-corrected chi connectivity index (χ0v) is 23.9. The molecular weight excluding hydrogens is 531 g/mol. The van der Waals surface area contributed by atoms with Crippen LogP contribution in [0.15, 0.2) is 72.8 Å². The van der Waals surface area contributed by atoms with Crippen molar-refractivity contribution in [2.75, 3.05) is 5.75 Å². The second-order valence-electron chi connectivity index (χ2n) is 10.2. The van der Waals surface area contributed by atoms with Gasteiger partial charge < -0.3 is 10.2 Å². The maximum absolute atomic E-state index is 14.3. The normalized spacial score (nSPS) is 14.5. The average molecular weight is 567 g/mol. The Morgan fingerprint density at radius 3 is 2.44 bits per heavy atom. The molecule has 7 heteroatoms. The van der Waals surface area contributed by atoms with Gasteiger partial charge in [-0.3, -0.25) is 9.59 Å². The van der Waals surface area contributed by atoms with Gasteiger partial charge in [-0.1, -0.05) is 91.5 Å². The largest absolute Gasteiger partial charge is 0.352 e. The molecule has 3 aromatic rings. The van der Waals surface area contributed by atoms with Crippen molar-refractivity contribution in [1.29, 1.82) is 0 Å². The van der Waals surface area contributed by atoms with Gasteiger partial charge >= 0.3 is 0 Å². The number of aryl methyl sites for hydroxylation is 1. The van der Waals surface area contributed by atoms with Gasteiger partial charge in [-0.05, 0) is 48.6 Å². The predicted molar refractivity (Wildman–Crippen MR) is 158 cm³/mol. The number of nitrogens with one attached hydrogen (secondary N) is 1. The molecule has 0 aromatic heterocycles. The van der Waals surface area contributed by atoms with Crippen LogP contribution in [0.4, 0.5) is 4.39 Å². The molecule has 1 atom stereocenters. The zero-order valence-electron chi connectivity index (χ0n) is 22.4. The summed E-state index contributed by atoms with van der Waals surface area (Å²) < 4.78 is 14.3. The lowest BCUT2D eigenvalue weighted by Crippen LogP contribution is -2.53. The molecule has 2 amide bonds. The molecule has 0 saturated heterocycles. The van der Waals surface area contributed by atoms with Gasteiger partial charge in [0.1, 0.15) is 11.9 Å². The third-order valence-corrected chi connectivity index (χ3v) is 8.66.